The van der Waals surface area contributed by atoms with Crippen LogP contribution in [0.15, 0.2) is 36.5 Å². The van der Waals surface area contributed by atoms with Gasteiger partial charge in [0.05, 0.1) is 6.17 Å². The van der Waals surface area contributed by atoms with Gasteiger partial charge < -0.3 is 10.6 Å². The number of rotatable bonds is 5. The molecule has 0 aromatic rings. The third-order valence-electron chi connectivity index (χ3n) is 1.58. The minimum Gasteiger partial charge on any atom is -0.301 e. The summed E-state index contributed by atoms with van der Waals surface area (Å²) in [4.78, 5) is 0. The summed E-state index contributed by atoms with van der Waals surface area (Å²) in [6, 6.07) is 0. The van der Waals surface area contributed by atoms with Crippen molar-refractivity contribution in [1.82, 2.24) is 10.6 Å². The highest BCUT2D eigenvalue weighted by molar-refractivity contribution is 5.27. The van der Waals surface area contributed by atoms with Crippen molar-refractivity contribution in [2.75, 3.05) is 14.1 Å². The third-order valence-corrected chi connectivity index (χ3v) is 1.58. The summed E-state index contributed by atoms with van der Waals surface area (Å²) in [5.41, 5.74) is 1.18. The van der Waals surface area contributed by atoms with Crippen LogP contribution in [0.25, 0.3) is 0 Å². The average molecular weight is 166 g/mol. The molecule has 0 spiro atoms. The monoisotopic (exact) mass is 166 g/mol. The Labute approximate surface area is 75.1 Å². The second kappa shape index (κ2) is 6.83. The molecule has 0 bridgehead atoms. The maximum absolute atomic E-state index is 3.67. The van der Waals surface area contributed by atoms with Gasteiger partial charge in [-0.3, -0.25) is 0 Å². The van der Waals surface area contributed by atoms with Gasteiger partial charge in [0.25, 0.3) is 0 Å². The van der Waals surface area contributed by atoms with Gasteiger partial charge in [0.2, 0.25) is 0 Å². The van der Waals surface area contributed by atoms with Crippen LogP contribution in [0.2, 0.25) is 0 Å². The lowest BCUT2D eigenvalue weighted by Gasteiger charge is -2.15. The molecule has 0 fully saturated rings. The molecule has 0 aromatic carbocycles. The van der Waals surface area contributed by atoms with E-state index in [1.165, 1.54) is 5.57 Å². The SMILES string of the molecule is C=C/C=C(\C=C/C)C(NC)NC. The van der Waals surface area contributed by atoms with Crippen molar-refractivity contribution in [1.29, 1.82) is 0 Å². The lowest BCUT2D eigenvalue weighted by atomic mass is 10.1. The molecule has 0 rings (SSSR count). The molecule has 0 saturated heterocycles. The topological polar surface area (TPSA) is 24.1 Å². The highest BCUT2D eigenvalue weighted by Gasteiger charge is 2.03. The minimum atomic E-state index is 0.194. The maximum Gasteiger partial charge on any atom is 0.0830 e. The Balaban J connectivity index is 4.46. The fourth-order valence-electron chi connectivity index (χ4n) is 1.05. The summed E-state index contributed by atoms with van der Waals surface area (Å²) < 4.78 is 0. The van der Waals surface area contributed by atoms with Crippen LogP contribution >= 0.6 is 0 Å². The normalized spacial score (nSPS) is 12.8. The number of nitrogens with one attached hydrogen (secondary N) is 2. The molecule has 2 heteroatoms. The Morgan fingerprint density at radius 2 is 1.92 bits per heavy atom. The van der Waals surface area contributed by atoms with Crippen molar-refractivity contribution >= 4 is 0 Å². The highest BCUT2D eigenvalue weighted by atomic mass is 15.1. The third kappa shape index (κ3) is 3.51. The molecule has 0 saturated carbocycles. The smallest absolute Gasteiger partial charge is 0.0830 e. The summed E-state index contributed by atoms with van der Waals surface area (Å²) in [7, 11) is 3.84. The zero-order chi connectivity index (χ0) is 9.40. The first kappa shape index (κ1) is 11.1. The van der Waals surface area contributed by atoms with Crippen molar-refractivity contribution in [2.45, 2.75) is 13.1 Å². The number of allylic oxidation sites excluding steroid dienone is 3. The van der Waals surface area contributed by atoms with E-state index in [0.29, 0.717) is 0 Å². The van der Waals surface area contributed by atoms with Crippen molar-refractivity contribution in [3.8, 4) is 0 Å². The number of hydrogen-bond donors (Lipinski definition) is 2. The molecule has 2 N–H and O–H groups in total. The molecular weight excluding hydrogens is 148 g/mol. The van der Waals surface area contributed by atoms with E-state index in [1.807, 2.05) is 33.2 Å². The molecule has 0 aliphatic carbocycles. The van der Waals surface area contributed by atoms with Crippen LogP contribution in [-0.2, 0) is 0 Å². The van der Waals surface area contributed by atoms with E-state index >= 15 is 0 Å². The Morgan fingerprint density at radius 1 is 1.33 bits per heavy atom. The van der Waals surface area contributed by atoms with Gasteiger partial charge in [0.1, 0.15) is 0 Å². The lowest BCUT2D eigenvalue weighted by molar-refractivity contribution is 0.569. The van der Waals surface area contributed by atoms with E-state index < -0.39 is 0 Å². The van der Waals surface area contributed by atoms with Gasteiger partial charge in [-0.25, -0.2) is 0 Å². The Hall–Kier alpha value is -0.860. The second-order valence-electron chi connectivity index (χ2n) is 2.41. The van der Waals surface area contributed by atoms with Crippen molar-refractivity contribution in [3.63, 3.8) is 0 Å². The largest absolute Gasteiger partial charge is 0.301 e. The molecule has 0 aliphatic rings. The maximum atomic E-state index is 3.67. The van der Waals surface area contributed by atoms with Gasteiger partial charge in [-0.05, 0) is 26.6 Å². The second-order valence-corrected chi connectivity index (χ2v) is 2.41. The van der Waals surface area contributed by atoms with Crippen LogP contribution in [0.1, 0.15) is 6.92 Å². The predicted molar refractivity (Wildman–Crippen MR) is 55.0 cm³/mol. The first-order valence-electron chi connectivity index (χ1n) is 4.10. The van der Waals surface area contributed by atoms with Crippen LogP contribution < -0.4 is 10.6 Å². The zero-order valence-electron chi connectivity index (χ0n) is 8.09. The van der Waals surface area contributed by atoms with Crippen molar-refractivity contribution in [2.24, 2.45) is 0 Å². The van der Waals surface area contributed by atoms with Crippen molar-refractivity contribution < 1.29 is 0 Å². The van der Waals surface area contributed by atoms with Gasteiger partial charge in [-0.2, -0.15) is 0 Å². The van der Waals surface area contributed by atoms with E-state index in [1.54, 1.807) is 6.08 Å². The Kier molecular flexibility index (Phi) is 6.34. The van der Waals surface area contributed by atoms with Crippen LogP contribution in [0.4, 0.5) is 0 Å². The van der Waals surface area contributed by atoms with E-state index in [9.17, 15) is 0 Å². The molecule has 0 heterocycles. The molecule has 0 aromatic heterocycles. The van der Waals surface area contributed by atoms with Crippen LogP contribution in [0.3, 0.4) is 0 Å². The van der Waals surface area contributed by atoms with E-state index in [0.717, 1.165) is 0 Å². The molecule has 12 heavy (non-hydrogen) atoms. The van der Waals surface area contributed by atoms with Crippen LogP contribution in [0, 0.1) is 0 Å². The molecule has 68 valence electrons. The molecule has 0 atom stereocenters. The summed E-state index contributed by atoms with van der Waals surface area (Å²) in [6.07, 6.45) is 8.03. The van der Waals surface area contributed by atoms with Gasteiger partial charge in [-0.1, -0.05) is 30.9 Å². The van der Waals surface area contributed by atoms with Gasteiger partial charge in [0, 0.05) is 0 Å². The number of hydrogen-bond acceptors (Lipinski definition) is 2. The molecule has 0 radical (unpaired) electrons. The predicted octanol–water partition coefficient (Wildman–Crippen LogP) is 1.44. The lowest BCUT2D eigenvalue weighted by Crippen LogP contribution is -2.38. The standard InChI is InChI=1S/C10H18N2/c1-5-7-9(8-6-2)10(11-3)12-4/h5-8,10-12H,1H2,2-4H3/b8-6-,9-7+. The summed E-state index contributed by atoms with van der Waals surface area (Å²) in [5.74, 6) is 0. The minimum absolute atomic E-state index is 0.194. The van der Waals surface area contributed by atoms with E-state index in [2.05, 4.69) is 23.3 Å². The Morgan fingerprint density at radius 3 is 2.25 bits per heavy atom. The van der Waals surface area contributed by atoms with Crippen molar-refractivity contribution in [3.05, 3.63) is 36.5 Å². The first-order chi connectivity index (χ1) is 5.79. The first-order valence-corrected chi connectivity index (χ1v) is 4.10. The van der Waals surface area contributed by atoms with Crippen LogP contribution in [-0.4, -0.2) is 20.3 Å². The highest BCUT2D eigenvalue weighted by Crippen LogP contribution is 2.01. The summed E-state index contributed by atoms with van der Waals surface area (Å²) in [5, 5.41) is 6.29. The fraction of sp³-hybridized carbons (Fsp3) is 0.400. The fourth-order valence-corrected chi connectivity index (χ4v) is 1.05. The van der Waals surface area contributed by atoms with Gasteiger partial charge in [-0.15, -0.1) is 0 Å². The molecule has 2 nitrogen and oxygen atoms in total. The van der Waals surface area contributed by atoms with Crippen LogP contribution in [0.5, 0.6) is 0 Å². The summed E-state index contributed by atoms with van der Waals surface area (Å²) in [6.45, 7) is 5.67. The van der Waals surface area contributed by atoms with E-state index in [-0.39, 0.29) is 6.17 Å². The van der Waals surface area contributed by atoms with Gasteiger partial charge in [0.15, 0.2) is 0 Å². The average Bonchev–Trinajstić information content (AvgIpc) is 2.07. The quantitative estimate of drug-likeness (QED) is 0.477. The van der Waals surface area contributed by atoms with E-state index in [4.69, 9.17) is 0 Å². The Bertz CT molecular complexity index is 176. The molecule has 0 unspecified atom stereocenters. The molecule has 0 amide bonds. The van der Waals surface area contributed by atoms with Gasteiger partial charge >= 0.3 is 0 Å². The molecular formula is C10H18N2. The summed E-state index contributed by atoms with van der Waals surface area (Å²) >= 11 is 0. The number of likely N-dealkylation sites (N-methyl/N-ethyl adjacent to an activating group) is 2. The zero-order valence-corrected chi connectivity index (χ0v) is 8.09. The molecule has 0 aliphatic heterocycles.